The van der Waals surface area contributed by atoms with Gasteiger partial charge in [0.15, 0.2) is 0 Å². The third-order valence-electron chi connectivity index (χ3n) is 2.22. The van der Waals surface area contributed by atoms with Crippen molar-refractivity contribution in [3.05, 3.63) is 34.3 Å². The first-order chi connectivity index (χ1) is 6.45. The van der Waals surface area contributed by atoms with Crippen LogP contribution in [-0.4, -0.2) is 5.33 Å². The van der Waals surface area contributed by atoms with Gasteiger partial charge in [-0.1, -0.05) is 60.4 Å². The molecule has 1 aromatic carbocycles. The molecule has 78 valence electrons. The van der Waals surface area contributed by atoms with Gasteiger partial charge in [0, 0.05) is 10.4 Å². The number of alkyl halides is 1. The van der Waals surface area contributed by atoms with Crippen molar-refractivity contribution in [3.8, 4) is 0 Å². The van der Waals surface area contributed by atoms with Crippen molar-refractivity contribution in [3.63, 3.8) is 0 Å². The van der Waals surface area contributed by atoms with Crippen LogP contribution in [0.15, 0.2) is 18.2 Å². The Hall–Kier alpha value is -0.0100. The molecule has 0 aromatic heterocycles. The molecular formula is C12H16BrCl. The van der Waals surface area contributed by atoms with Crippen LogP contribution in [0.3, 0.4) is 0 Å². The first-order valence-corrected chi connectivity index (χ1v) is 6.30. The Morgan fingerprint density at radius 3 is 2.36 bits per heavy atom. The van der Waals surface area contributed by atoms with Crippen LogP contribution in [0.25, 0.3) is 0 Å². The van der Waals surface area contributed by atoms with Crippen molar-refractivity contribution in [2.24, 2.45) is 0 Å². The molecule has 0 aliphatic carbocycles. The minimum absolute atomic E-state index is 0.129. The molecule has 1 aromatic rings. The van der Waals surface area contributed by atoms with E-state index >= 15 is 0 Å². The highest BCUT2D eigenvalue weighted by atomic mass is 79.9. The molecule has 0 aliphatic rings. The Labute approximate surface area is 99.8 Å². The molecule has 0 unspecified atom stereocenters. The smallest absolute Gasteiger partial charge is 0.0446 e. The fraction of sp³-hybridized carbons (Fsp3) is 0.500. The first-order valence-electron chi connectivity index (χ1n) is 4.80. The average Bonchev–Trinajstić information content (AvgIpc) is 2.02. The van der Waals surface area contributed by atoms with Gasteiger partial charge >= 0.3 is 0 Å². The molecule has 1 rings (SSSR count). The quantitative estimate of drug-likeness (QED) is 0.693. The van der Waals surface area contributed by atoms with Crippen LogP contribution in [0.2, 0.25) is 5.02 Å². The van der Waals surface area contributed by atoms with Crippen molar-refractivity contribution in [1.82, 2.24) is 0 Å². The number of benzene rings is 1. The third kappa shape index (κ3) is 2.99. The van der Waals surface area contributed by atoms with Gasteiger partial charge in [-0.3, -0.25) is 0 Å². The van der Waals surface area contributed by atoms with Gasteiger partial charge < -0.3 is 0 Å². The molecule has 0 spiro atoms. The molecule has 0 amide bonds. The maximum absolute atomic E-state index is 6.23. The van der Waals surface area contributed by atoms with Crippen LogP contribution in [0.5, 0.6) is 0 Å². The Kier molecular flexibility index (Phi) is 4.03. The summed E-state index contributed by atoms with van der Waals surface area (Å²) in [7, 11) is 0. The van der Waals surface area contributed by atoms with Crippen LogP contribution in [0.1, 0.15) is 31.9 Å². The fourth-order valence-corrected chi connectivity index (χ4v) is 2.38. The summed E-state index contributed by atoms with van der Waals surface area (Å²) < 4.78 is 0. The van der Waals surface area contributed by atoms with Gasteiger partial charge in [0.25, 0.3) is 0 Å². The van der Waals surface area contributed by atoms with E-state index in [-0.39, 0.29) is 5.41 Å². The largest absolute Gasteiger partial charge is 0.0924 e. The standard InChI is InChI=1S/C12H16BrCl/c1-12(2,3)10-5-4-9(6-7-13)8-11(10)14/h4-5,8H,6-7H2,1-3H3. The second-order valence-electron chi connectivity index (χ2n) is 4.50. The molecule has 0 saturated heterocycles. The minimum Gasteiger partial charge on any atom is -0.0924 e. The molecule has 0 aliphatic heterocycles. The Morgan fingerprint density at radius 1 is 1.29 bits per heavy atom. The van der Waals surface area contributed by atoms with E-state index in [2.05, 4.69) is 54.9 Å². The SMILES string of the molecule is CC(C)(C)c1ccc(CCBr)cc1Cl. The van der Waals surface area contributed by atoms with Crippen molar-refractivity contribution < 1.29 is 0 Å². The molecule has 2 heteroatoms. The molecule has 0 saturated carbocycles. The van der Waals surface area contributed by atoms with Gasteiger partial charge in [-0.15, -0.1) is 0 Å². The van der Waals surface area contributed by atoms with E-state index in [1.165, 1.54) is 11.1 Å². The van der Waals surface area contributed by atoms with Crippen LogP contribution >= 0.6 is 27.5 Å². The number of aryl methyl sites for hydroxylation is 1. The summed E-state index contributed by atoms with van der Waals surface area (Å²) in [6, 6.07) is 6.37. The van der Waals surface area contributed by atoms with E-state index in [0.717, 1.165) is 16.8 Å². The molecule has 0 nitrogen and oxygen atoms in total. The Morgan fingerprint density at radius 2 is 1.93 bits per heavy atom. The summed E-state index contributed by atoms with van der Waals surface area (Å²) in [6.45, 7) is 6.54. The molecule has 0 radical (unpaired) electrons. The highest BCUT2D eigenvalue weighted by Crippen LogP contribution is 2.30. The zero-order valence-electron chi connectivity index (χ0n) is 8.90. The lowest BCUT2D eigenvalue weighted by molar-refractivity contribution is 0.590. The number of rotatable bonds is 2. The van der Waals surface area contributed by atoms with E-state index < -0.39 is 0 Å². The predicted molar refractivity (Wildman–Crippen MR) is 67.7 cm³/mol. The summed E-state index contributed by atoms with van der Waals surface area (Å²) in [6.07, 6.45) is 1.03. The first kappa shape index (κ1) is 12.1. The molecule has 0 N–H and O–H groups in total. The van der Waals surface area contributed by atoms with E-state index in [9.17, 15) is 0 Å². The van der Waals surface area contributed by atoms with Gasteiger partial charge in [0.1, 0.15) is 0 Å². The lowest BCUT2D eigenvalue weighted by Crippen LogP contribution is -2.11. The van der Waals surface area contributed by atoms with Crippen LogP contribution in [-0.2, 0) is 11.8 Å². The Balaban J connectivity index is 3.02. The molecule has 0 atom stereocenters. The Bertz CT molecular complexity index is 313. The highest BCUT2D eigenvalue weighted by molar-refractivity contribution is 9.09. The molecule has 0 fully saturated rings. The molecule has 0 bridgehead atoms. The molecule has 0 heterocycles. The summed E-state index contributed by atoms with van der Waals surface area (Å²) in [5.74, 6) is 0. The number of hydrogen-bond acceptors (Lipinski definition) is 0. The fourth-order valence-electron chi connectivity index (χ4n) is 1.43. The van der Waals surface area contributed by atoms with E-state index in [1.807, 2.05) is 0 Å². The third-order valence-corrected chi connectivity index (χ3v) is 2.93. The highest BCUT2D eigenvalue weighted by Gasteiger charge is 2.16. The summed E-state index contributed by atoms with van der Waals surface area (Å²) >= 11 is 9.66. The van der Waals surface area contributed by atoms with Crippen LogP contribution < -0.4 is 0 Å². The van der Waals surface area contributed by atoms with Crippen molar-refractivity contribution in [2.45, 2.75) is 32.6 Å². The van der Waals surface area contributed by atoms with Crippen LogP contribution in [0.4, 0.5) is 0 Å². The zero-order chi connectivity index (χ0) is 10.8. The van der Waals surface area contributed by atoms with E-state index in [1.54, 1.807) is 0 Å². The van der Waals surface area contributed by atoms with E-state index in [4.69, 9.17) is 11.6 Å². The topological polar surface area (TPSA) is 0 Å². The van der Waals surface area contributed by atoms with Gasteiger partial charge in [-0.05, 0) is 29.0 Å². The molecular weight excluding hydrogens is 259 g/mol. The summed E-state index contributed by atoms with van der Waals surface area (Å²) in [5.41, 5.74) is 2.64. The second kappa shape index (κ2) is 4.67. The maximum atomic E-state index is 6.23. The van der Waals surface area contributed by atoms with Gasteiger partial charge in [-0.25, -0.2) is 0 Å². The summed E-state index contributed by atoms with van der Waals surface area (Å²) in [4.78, 5) is 0. The van der Waals surface area contributed by atoms with Gasteiger partial charge in [-0.2, -0.15) is 0 Å². The lowest BCUT2D eigenvalue weighted by atomic mass is 9.86. The van der Waals surface area contributed by atoms with E-state index in [0.29, 0.717) is 0 Å². The average molecular weight is 276 g/mol. The predicted octanol–water partition coefficient (Wildman–Crippen LogP) is 4.57. The monoisotopic (exact) mass is 274 g/mol. The van der Waals surface area contributed by atoms with Crippen molar-refractivity contribution >= 4 is 27.5 Å². The van der Waals surface area contributed by atoms with Crippen LogP contribution in [0, 0.1) is 0 Å². The number of halogens is 2. The number of hydrogen-bond donors (Lipinski definition) is 0. The normalized spacial score (nSPS) is 11.8. The maximum Gasteiger partial charge on any atom is 0.0446 e. The lowest BCUT2D eigenvalue weighted by Gasteiger charge is -2.21. The zero-order valence-corrected chi connectivity index (χ0v) is 11.2. The minimum atomic E-state index is 0.129. The van der Waals surface area contributed by atoms with Gasteiger partial charge in [0.2, 0.25) is 0 Å². The second-order valence-corrected chi connectivity index (χ2v) is 5.70. The van der Waals surface area contributed by atoms with Gasteiger partial charge in [0.05, 0.1) is 0 Å². The van der Waals surface area contributed by atoms with Crippen molar-refractivity contribution in [2.75, 3.05) is 5.33 Å². The summed E-state index contributed by atoms with van der Waals surface area (Å²) in [5, 5.41) is 1.87. The van der Waals surface area contributed by atoms with Crippen molar-refractivity contribution in [1.29, 1.82) is 0 Å². The molecule has 14 heavy (non-hydrogen) atoms.